The van der Waals surface area contributed by atoms with Crippen molar-refractivity contribution >= 4 is 5.88 Å². The van der Waals surface area contributed by atoms with Gasteiger partial charge in [-0.05, 0) is 0 Å². The van der Waals surface area contributed by atoms with E-state index in [1.807, 2.05) is 0 Å². The van der Waals surface area contributed by atoms with Crippen molar-refractivity contribution in [3.05, 3.63) is 17.2 Å². The number of terminal acetylenes is 1. The highest BCUT2D eigenvalue weighted by Crippen LogP contribution is 2.30. The lowest BCUT2D eigenvalue weighted by Crippen LogP contribution is -2.45. The third-order valence-corrected chi connectivity index (χ3v) is 3.99. The summed E-state index contributed by atoms with van der Waals surface area (Å²) < 4.78 is 12.5. The number of methoxy groups -OCH3 is 1. The monoisotopic (exact) mass is 322 g/mol. The van der Waals surface area contributed by atoms with Crippen molar-refractivity contribution in [1.29, 1.82) is 0 Å². The number of hydrogen-bond donors (Lipinski definition) is 3. The average molecular weight is 322 g/mol. The summed E-state index contributed by atoms with van der Waals surface area (Å²) in [7, 11) is 1.45. The number of rotatable bonds is 4. The van der Waals surface area contributed by atoms with Gasteiger partial charge in [-0.1, -0.05) is 5.92 Å². The molecule has 0 amide bonds. The van der Waals surface area contributed by atoms with Gasteiger partial charge in [0, 0.05) is 7.11 Å². The zero-order valence-corrected chi connectivity index (χ0v) is 12.5. The maximum absolute atomic E-state index is 10.2. The smallest absolute Gasteiger partial charge is 0.219 e. The SMILES string of the molecule is C#CCN1CN=c2c(ncn2[C@@H]2O[C@H](CO)[C@@H](O)[C@H]2OC)=C1O. The van der Waals surface area contributed by atoms with Gasteiger partial charge < -0.3 is 29.7 Å². The first kappa shape index (κ1) is 15.8. The quantitative estimate of drug-likeness (QED) is 0.517. The van der Waals surface area contributed by atoms with Crippen molar-refractivity contribution in [3.8, 4) is 12.3 Å². The molecule has 9 nitrogen and oxygen atoms in total. The number of hydrogen-bond acceptors (Lipinski definition) is 8. The second kappa shape index (κ2) is 6.17. The van der Waals surface area contributed by atoms with E-state index in [1.165, 1.54) is 18.3 Å². The normalized spacial score (nSPS) is 30.0. The molecular weight excluding hydrogens is 304 g/mol. The molecule has 0 aromatic carbocycles. The van der Waals surface area contributed by atoms with Gasteiger partial charge >= 0.3 is 0 Å². The molecule has 0 spiro atoms. The Kier molecular flexibility index (Phi) is 4.23. The molecule has 1 fully saturated rings. The third kappa shape index (κ3) is 2.46. The van der Waals surface area contributed by atoms with Crippen LogP contribution in [0.15, 0.2) is 11.3 Å². The van der Waals surface area contributed by atoms with Gasteiger partial charge in [-0.3, -0.25) is 4.57 Å². The molecule has 0 bridgehead atoms. The highest BCUT2D eigenvalue weighted by atomic mass is 16.6. The van der Waals surface area contributed by atoms with Crippen LogP contribution in [0.2, 0.25) is 0 Å². The molecule has 2 aliphatic heterocycles. The molecule has 0 unspecified atom stereocenters. The average Bonchev–Trinajstić information content (AvgIpc) is 3.11. The van der Waals surface area contributed by atoms with Crippen molar-refractivity contribution in [2.45, 2.75) is 24.5 Å². The molecule has 3 rings (SSSR count). The first-order valence-electron chi connectivity index (χ1n) is 7.08. The van der Waals surface area contributed by atoms with Crippen molar-refractivity contribution in [2.75, 3.05) is 26.9 Å². The standard InChI is InChI=1S/C14H18N4O5/c1-3-4-17-6-16-12-9(13(17)21)15-7-18(12)14-11(22-2)10(20)8(5-19)23-14/h1,7-8,10-11,14,19-21H,4-6H2,2H3/t8-,10-,11-,14-/m1/s1. The van der Waals surface area contributed by atoms with Gasteiger partial charge in [0.2, 0.25) is 5.88 Å². The second-order valence-electron chi connectivity index (χ2n) is 5.29. The predicted octanol–water partition coefficient (Wildman–Crippen LogP) is -2.70. The molecular formula is C14H18N4O5. The Hall–Kier alpha value is -2.12. The highest BCUT2D eigenvalue weighted by Gasteiger charge is 2.45. The zero-order valence-electron chi connectivity index (χ0n) is 12.5. The Balaban J connectivity index is 2.02. The Bertz CT molecular complexity index is 739. The van der Waals surface area contributed by atoms with Crippen LogP contribution in [-0.4, -0.2) is 75.0 Å². The minimum Gasteiger partial charge on any atom is -0.493 e. The summed E-state index contributed by atoms with van der Waals surface area (Å²) >= 11 is 0. The third-order valence-electron chi connectivity index (χ3n) is 3.99. The maximum atomic E-state index is 10.2. The topological polar surface area (TPSA) is 113 Å². The fraction of sp³-hybridized carbons (Fsp3) is 0.571. The zero-order chi connectivity index (χ0) is 16.6. The van der Waals surface area contributed by atoms with Crippen LogP contribution in [0.1, 0.15) is 6.23 Å². The molecule has 4 atom stereocenters. The lowest BCUT2D eigenvalue weighted by molar-refractivity contribution is -0.0621. The Labute approximate surface area is 132 Å². The molecule has 1 aromatic rings. The van der Waals surface area contributed by atoms with Crippen molar-refractivity contribution < 1.29 is 24.8 Å². The summed E-state index contributed by atoms with van der Waals surface area (Å²) in [5, 5.41) is 29.9. The van der Waals surface area contributed by atoms with Crippen LogP contribution in [0.25, 0.3) is 5.88 Å². The molecule has 23 heavy (non-hydrogen) atoms. The number of ether oxygens (including phenoxy) is 2. The van der Waals surface area contributed by atoms with Crippen LogP contribution < -0.4 is 10.8 Å². The van der Waals surface area contributed by atoms with E-state index >= 15 is 0 Å². The van der Waals surface area contributed by atoms with E-state index in [0.29, 0.717) is 5.49 Å². The van der Waals surface area contributed by atoms with Gasteiger partial charge in [0.25, 0.3) is 0 Å². The predicted molar refractivity (Wildman–Crippen MR) is 77.3 cm³/mol. The molecule has 124 valence electrons. The summed E-state index contributed by atoms with van der Waals surface area (Å²) in [4.78, 5) is 10.0. The van der Waals surface area contributed by atoms with Gasteiger partial charge in [0.15, 0.2) is 17.1 Å². The summed E-state index contributed by atoms with van der Waals surface area (Å²) in [5.41, 5.74) is 0.411. The first-order valence-corrected chi connectivity index (χ1v) is 7.08. The van der Waals surface area contributed by atoms with E-state index in [2.05, 4.69) is 15.9 Å². The van der Waals surface area contributed by atoms with Crippen molar-refractivity contribution in [1.82, 2.24) is 14.5 Å². The van der Waals surface area contributed by atoms with Gasteiger partial charge in [-0.25, -0.2) is 9.98 Å². The van der Waals surface area contributed by atoms with E-state index in [4.69, 9.17) is 15.9 Å². The lowest BCUT2D eigenvalue weighted by atomic mass is 10.1. The summed E-state index contributed by atoms with van der Waals surface area (Å²) in [5.74, 6) is 2.38. The number of fused-ring (bicyclic) bond motifs is 1. The Morgan fingerprint density at radius 1 is 1.57 bits per heavy atom. The molecule has 1 saturated heterocycles. The van der Waals surface area contributed by atoms with Crippen molar-refractivity contribution in [3.63, 3.8) is 0 Å². The van der Waals surface area contributed by atoms with E-state index in [0.717, 1.165) is 0 Å². The summed E-state index contributed by atoms with van der Waals surface area (Å²) in [6, 6.07) is 0. The number of aliphatic hydroxyl groups is 3. The molecule has 0 saturated carbocycles. The second-order valence-corrected chi connectivity index (χ2v) is 5.29. The van der Waals surface area contributed by atoms with Crippen molar-refractivity contribution in [2.24, 2.45) is 4.99 Å². The Morgan fingerprint density at radius 3 is 3.00 bits per heavy atom. The van der Waals surface area contributed by atoms with E-state index < -0.39 is 24.5 Å². The molecule has 3 heterocycles. The molecule has 0 aliphatic carbocycles. The van der Waals surface area contributed by atoms with Crippen LogP contribution in [-0.2, 0) is 9.47 Å². The fourth-order valence-electron chi connectivity index (χ4n) is 2.81. The van der Waals surface area contributed by atoms with Crippen LogP contribution in [0.5, 0.6) is 0 Å². The molecule has 1 aromatic heterocycles. The van der Waals surface area contributed by atoms with Gasteiger partial charge in [-0.2, -0.15) is 0 Å². The summed E-state index contributed by atoms with van der Waals surface area (Å²) in [6.45, 7) is 0.0670. The largest absolute Gasteiger partial charge is 0.493 e. The van der Waals surface area contributed by atoms with E-state index in [9.17, 15) is 15.3 Å². The highest BCUT2D eigenvalue weighted by molar-refractivity contribution is 5.31. The molecule has 3 N–H and O–H groups in total. The molecule has 0 radical (unpaired) electrons. The summed E-state index contributed by atoms with van der Waals surface area (Å²) in [6.07, 6.45) is 3.57. The number of aromatic nitrogens is 2. The fourth-order valence-corrected chi connectivity index (χ4v) is 2.81. The van der Waals surface area contributed by atoms with Crippen LogP contribution >= 0.6 is 0 Å². The maximum Gasteiger partial charge on any atom is 0.219 e. The Morgan fingerprint density at radius 2 is 2.35 bits per heavy atom. The van der Waals surface area contributed by atoms with Gasteiger partial charge in [-0.15, -0.1) is 6.42 Å². The van der Waals surface area contributed by atoms with Gasteiger partial charge in [0.05, 0.1) is 19.5 Å². The molecule has 2 aliphatic rings. The number of nitrogens with zero attached hydrogens (tertiary/aromatic N) is 4. The van der Waals surface area contributed by atoms with E-state index in [1.54, 1.807) is 4.57 Å². The number of aliphatic hydroxyl groups excluding tert-OH is 3. The number of imidazole rings is 1. The minimum absolute atomic E-state index is 0.0575. The van der Waals surface area contributed by atoms with Gasteiger partial charge in [0.1, 0.15) is 25.0 Å². The molecule has 9 heteroatoms. The van der Waals surface area contributed by atoms with Crippen LogP contribution in [0.4, 0.5) is 0 Å². The van der Waals surface area contributed by atoms with Crippen LogP contribution in [0.3, 0.4) is 0 Å². The lowest BCUT2D eigenvalue weighted by Gasteiger charge is -2.22. The van der Waals surface area contributed by atoms with E-state index in [-0.39, 0.29) is 31.1 Å². The van der Waals surface area contributed by atoms with Crippen LogP contribution in [0, 0.1) is 12.3 Å². The minimum atomic E-state index is -0.979. The first-order chi connectivity index (χ1) is 11.1.